The molecule has 0 aliphatic carbocycles. The van der Waals surface area contributed by atoms with E-state index in [0.717, 1.165) is 0 Å². The molecule has 1 aromatic carbocycles. The van der Waals surface area contributed by atoms with Crippen LogP contribution in [0.3, 0.4) is 0 Å². The molecule has 0 saturated carbocycles. The van der Waals surface area contributed by atoms with Gasteiger partial charge in [0, 0.05) is 6.92 Å². The normalized spacial score (nSPS) is 11.6. The monoisotopic (exact) mass is 256 g/mol. The summed E-state index contributed by atoms with van der Waals surface area (Å²) in [5.74, 6) is -0.419. The standard InChI is InChI=1S/C11H12O5S/c1-9(12)16-8-4-6-10-5-2-3-7-11(10)17(13,14)15/h2-7H,8H2,1H3,(H,13,14,15). The average molecular weight is 256 g/mol. The Balaban J connectivity index is 2.88. The van der Waals surface area contributed by atoms with Crippen molar-refractivity contribution in [1.29, 1.82) is 0 Å². The van der Waals surface area contributed by atoms with Gasteiger partial charge in [0.1, 0.15) is 11.5 Å². The van der Waals surface area contributed by atoms with Gasteiger partial charge in [0.05, 0.1) is 0 Å². The molecular formula is C11H12O5S. The van der Waals surface area contributed by atoms with E-state index in [1.165, 1.54) is 37.3 Å². The summed E-state index contributed by atoms with van der Waals surface area (Å²) >= 11 is 0. The Hall–Kier alpha value is -1.66. The minimum Gasteiger partial charge on any atom is -0.462 e. The van der Waals surface area contributed by atoms with E-state index in [1.54, 1.807) is 6.07 Å². The molecule has 0 bridgehead atoms. The number of benzene rings is 1. The molecule has 1 N–H and O–H groups in total. The number of rotatable bonds is 4. The van der Waals surface area contributed by atoms with Crippen LogP contribution in [0.15, 0.2) is 35.2 Å². The zero-order chi connectivity index (χ0) is 12.9. The third-order valence-corrected chi connectivity index (χ3v) is 2.80. The number of carbonyl (C=O) groups excluding carboxylic acids is 1. The van der Waals surface area contributed by atoms with Crippen LogP contribution in [-0.4, -0.2) is 25.5 Å². The Morgan fingerprint density at radius 3 is 2.65 bits per heavy atom. The van der Waals surface area contributed by atoms with Gasteiger partial charge in [-0.2, -0.15) is 8.42 Å². The summed E-state index contributed by atoms with van der Waals surface area (Å²) in [5.41, 5.74) is 0.335. The van der Waals surface area contributed by atoms with Crippen molar-refractivity contribution in [2.45, 2.75) is 11.8 Å². The average Bonchev–Trinajstić information content (AvgIpc) is 2.23. The van der Waals surface area contributed by atoms with Crippen LogP contribution >= 0.6 is 0 Å². The van der Waals surface area contributed by atoms with Crippen molar-refractivity contribution in [2.24, 2.45) is 0 Å². The Labute approximate surface area is 99.5 Å². The molecule has 0 saturated heterocycles. The van der Waals surface area contributed by atoms with Crippen molar-refractivity contribution >= 4 is 22.2 Å². The summed E-state index contributed by atoms with van der Waals surface area (Å²) in [7, 11) is -4.25. The molecule has 0 aromatic heterocycles. The molecule has 0 aliphatic heterocycles. The highest BCUT2D eigenvalue weighted by Gasteiger charge is 2.12. The maximum atomic E-state index is 11.0. The number of carbonyl (C=O) groups is 1. The van der Waals surface area contributed by atoms with Crippen molar-refractivity contribution in [3.63, 3.8) is 0 Å². The van der Waals surface area contributed by atoms with Gasteiger partial charge in [-0.1, -0.05) is 24.3 Å². The first-order chi connectivity index (χ1) is 7.91. The highest BCUT2D eigenvalue weighted by atomic mass is 32.2. The van der Waals surface area contributed by atoms with Gasteiger partial charge in [0.15, 0.2) is 0 Å². The summed E-state index contributed by atoms with van der Waals surface area (Å²) in [6, 6.07) is 5.97. The lowest BCUT2D eigenvalue weighted by Gasteiger charge is -2.01. The highest BCUT2D eigenvalue weighted by molar-refractivity contribution is 7.85. The fourth-order valence-corrected chi connectivity index (χ4v) is 1.88. The summed E-state index contributed by atoms with van der Waals surface area (Å²) in [6.45, 7) is 1.33. The van der Waals surface area contributed by atoms with Crippen LogP contribution < -0.4 is 0 Å². The lowest BCUT2D eigenvalue weighted by molar-refractivity contribution is -0.139. The van der Waals surface area contributed by atoms with Gasteiger partial charge >= 0.3 is 5.97 Å². The summed E-state index contributed by atoms with van der Waals surface area (Å²) in [5, 5.41) is 0. The van der Waals surface area contributed by atoms with E-state index < -0.39 is 16.1 Å². The van der Waals surface area contributed by atoms with Crippen LogP contribution in [0.25, 0.3) is 6.08 Å². The fourth-order valence-electron chi connectivity index (χ4n) is 1.19. The van der Waals surface area contributed by atoms with Crippen LogP contribution in [0.1, 0.15) is 12.5 Å². The van der Waals surface area contributed by atoms with E-state index in [2.05, 4.69) is 4.74 Å². The zero-order valence-corrected chi connectivity index (χ0v) is 9.98. The third kappa shape index (κ3) is 4.38. The Morgan fingerprint density at radius 2 is 2.06 bits per heavy atom. The molecule has 0 fully saturated rings. The van der Waals surface area contributed by atoms with Crippen molar-refractivity contribution in [2.75, 3.05) is 6.61 Å². The summed E-state index contributed by atoms with van der Waals surface area (Å²) in [4.78, 5) is 10.3. The van der Waals surface area contributed by atoms with Crippen molar-refractivity contribution in [3.05, 3.63) is 35.9 Å². The van der Waals surface area contributed by atoms with Gasteiger partial charge in [-0.15, -0.1) is 0 Å². The molecule has 1 rings (SSSR count). The molecule has 0 amide bonds. The second kappa shape index (κ2) is 5.60. The Kier molecular flexibility index (Phi) is 4.42. The Bertz CT molecular complexity index is 531. The number of ether oxygens (including phenoxy) is 1. The Morgan fingerprint density at radius 1 is 1.41 bits per heavy atom. The minimum absolute atomic E-state index is 0.0507. The molecule has 5 nitrogen and oxygen atoms in total. The molecule has 0 spiro atoms. The first-order valence-electron chi connectivity index (χ1n) is 4.77. The van der Waals surface area contributed by atoms with E-state index in [4.69, 9.17) is 4.55 Å². The largest absolute Gasteiger partial charge is 0.462 e. The van der Waals surface area contributed by atoms with E-state index in [-0.39, 0.29) is 11.5 Å². The highest BCUT2D eigenvalue weighted by Crippen LogP contribution is 2.16. The molecule has 6 heteroatoms. The molecule has 0 aliphatic rings. The fraction of sp³-hybridized carbons (Fsp3) is 0.182. The zero-order valence-electron chi connectivity index (χ0n) is 9.16. The molecule has 92 valence electrons. The van der Waals surface area contributed by atoms with Gasteiger partial charge in [-0.05, 0) is 17.7 Å². The SMILES string of the molecule is CC(=O)OCC=Cc1ccccc1S(=O)(=O)O. The molecule has 1 aromatic rings. The van der Waals surface area contributed by atoms with Gasteiger partial charge in [0.2, 0.25) is 0 Å². The third-order valence-electron chi connectivity index (χ3n) is 1.88. The van der Waals surface area contributed by atoms with Gasteiger partial charge in [-0.3, -0.25) is 9.35 Å². The van der Waals surface area contributed by atoms with E-state index in [9.17, 15) is 13.2 Å². The predicted molar refractivity (Wildman–Crippen MR) is 61.9 cm³/mol. The number of esters is 1. The first-order valence-corrected chi connectivity index (χ1v) is 6.21. The minimum atomic E-state index is -4.25. The quantitative estimate of drug-likeness (QED) is 0.652. The van der Waals surface area contributed by atoms with Crippen LogP contribution in [-0.2, 0) is 19.6 Å². The molecule has 0 atom stereocenters. The molecule has 0 unspecified atom stereocenters. The maximum Gasteiger partial charge on any atom is 0.302 e. The maximum absolute atomic E-state index is 11.0. The first kappa shape index (κ1) is 13.4. The predicted octanol–water partition coefficient (Wildman–Crippen LogP) is 1.51. The van der Waals surface area contributed by atoms with Crippen LogP contribution in [0.5, 0.6) is 0 Å². The number of hydrogen-bond acceptors (Lipinski definition) is 4. The summed E-state index contributed by atoms with van der Waals surface area (Å²) in [6.07, 6.45) is 2.96. The lowest BCUT2D eigenvalue weighted by atomic mass is 10.2. The topological polar surface area (TPSA) is 80.7 Å². The van der Waals surface area contributed by atoms with Gasteiger partial charge in [-0.25, -0.2) is 0 Å². The smallest absolute Gasteiger partial charge is 0.302 e. The lowest BCUT2D eigenvalue weighted by Crippen LogP contribution is -2.01. The molecular weight excluding hydrogens is 244 g/mol. The molecule has 0 radical (unpaired) electrons. The molecule has 0 heterocycles. The van der Waals surface area contributed by atoms with Gasteiger partial charge in [0.25, 0.3) is 10.1 Å². The number of hydrogen-bond donors (Lipinski definition) is 1. The van der Waals surface area contributed by atoms with E-state index in [1.807, 2.05) is 0 Å². The second-order valence-corrected chi connectivity index (χ2v) is 4.61. The molecule has 17 heavy (non-hydrogen) atoms. The van der Waals surface area contributed by atoms with Crippen LogP contribution in [0, 0.1) is 0 Å². The van der Waals surface area contributed by atoms with Crippen LogP contribution in [0.2, 0.25) is 0 Å². The summed E-state index contributed by atoms with van der Waals surface area (Å²) < 4.78 is 35.7. The van der Waals surface area contributed by atoms with Crippen molar-refractivity contribution < 1.29 is 22.5 Å². The van der Waals surface area contributed by atoms with E-state index >= 15 is 0 Å². The van der Waals surface area contributed by atoms with E-state index in [0.29, 0.717) is 5.56 Å². The second-order valence-electron chi connectivity index (χ2n) is 3.22. The van der Waals surface area contributed by atoms with Crippen molar-refractivity contribution in [1.82, 2.24) is 0 Å². The van der Waals surface area contributed by atoms with Crippen LogP contribution in [0.4, 0.5) is 0 Å². The van der Waals surface area contributed by atoms with Crippen molar-refractivity contribution in [3.8, 4) is 0 Å². The van der Waals surface area contributed by atoms with Gasteiger partial charge < -0.3 is 4.74 Å².